The van der Waals surface area contributed by atoms with Crippen LogP contribution in [0.3, 0.4) is 0 Å². The number of aliphatic hydroxyl groups is 1. The topological polar surface area (TPSA) is 370 Å². The number of ketones is 3. The van der Waals surface area contributed by atoms with Crippen LogP contribution in [0.5, 0.6) is 11.5 Å². The van der Waals surface area contributed by atoms with Crippen molar-refractivity contribution >= 4 is 112 Å². The number of aldehydes is 2. The predicted molar refractivity (Wildman–Crippen MR) is 386 cm³/mol. The van der Waals surface area contributed by atoms with E-state index in [0.717, 1.165) is 92.6 Å². The number of nitrogens with two attached hydrogens (primary N) is 2. The molecule has 100 heavy (non-hydrogen) atoms. The minimum Gasteiger partial charge on any atom is -0.496 e. The highest BCUT2D eigenvalue weighted by Gasteiger charge is 2.38. The largest absolute Gasteiger partial charge is 0.496 e. The van der Waals surface area contributed by atoms with E-state index in [9.17, 15) is 33.6 Å². The molecule has 0 saturated heterocycles. The molecule has 0 radical (unpaired) electrons. The molecule has 0 unspecified atom stereocenters. The number of carbonyl (C=O) groups is 7. The van der Waals surface area contributed by atoms with Crippen molar-refractivity contribution in [2.45, 2.75) is 88.7 Å². The Morgan fingerprint density at radius 2 is 1.03 bits per heavy atom. The number of rotatable bonds is 31. The number of carbonyl (C=O) groups excluding carboxylic acids is 7. The Labute approximate surface area is 597 Å². The number of halogens is 3. The molecule has 31 heteroatoms. The molecule has 0 atom stereocenters. The van der Waals surface area contributed by atoms with Gasteiger partial charge in [-0.2, -0.15) is 9.97 Å². The summed E-state index contributed by atoms with van der Waals surface area (Å²) in [6.07, 6.45) is 11.1. The van der Waals surface area contributed by atoms with Gasteiger partial charge in [0.1, 0.15) is 40.8 Å². The Balaban J connectivity index is 0.000000253. The molecule has 0 bridgehead atoms. The number of hydrogen-bond donors (Lipinski definition) is 6. The Bertz CT molecular complexity index is 3940. The number of nitrogens with zero attached hydrogens (tertiary/aromatic N) is 11. The zero-order valence-electron chi connectivity index (χ0n) is 58.7. The monoisotopic (exact) mass is 1440 g/mol. The standard InChI is InChI=1S/C28H34ClN7O4.C15H16ClN5O2.C13H20N2O3.C7H6ClNO2.C6H15NO/c1-6-35(7-2)8-9-40-15-22(37)18-10-19(31-13-18)11-20-23-25(29)33-28(30)34-26(23)36(27(20)38)14-21-17(4)24(39-5)16(3)12-32-21;1-7-5-18-10(8(2)12(7)23-3)6-21-11(22)4-9-13(16)19-15(17)20-14(9)21;1-3-15(4-2)5-6-18-10-13(17)11-7-12(9-16)14-8-11;8-2-7(11)5-1-6(4-10)9-3-5;1-3-7(4-2)5-6-8/h10-13,31H,6-9,14-15H2,1-5H3,(H2,30,33,34);5H,4,6H2,1-3H3,(H2,17,19,20);7-9,14H,3-6,10H2,1-2H3;1,3-4,9H,2H2;8H,3-6H2,1-2H3/b20-11-;;;;. The second kappa shape index (κ2) is 41.0. The number of nitrogens with one attached hydrogen (secondary N) is 3. The van der Waals surface area contributed by atoms with E-state index in [0.29, 0.717) is 93.8 Å². The van der Waals surface area contributed by atoms with Crippen molar-refractivity contribution in [3.8, 4) is 11.5 Å². The number of nitrogen functional groups attached to an aromatic ring is 2. The number of ether oxygens (including phenoxy) is 4. The number of Topliss-reactive ketones (excluding diaryl/α,β-unsaturated/α-hetero) is 3. The second-order valence-corrected chi connectivity index (χ2v) is 23.5. The summed E-state index contributed by atoms with van der Waals surface area (Å²) >= 11 is 17.8. The third-order valence-electron chi connectivity index (χ3n) is 16.2. The van der Waals surface area contributed by atoms with E-state index in [2.05, 4.69) is 101 Å². The van der Waals surface area contributed by atoms with E-state index in [1.165, 1.54) is 34.3 Å². The lowest BCUT2D eigenvalue weighted by atomic mass is 10.1. The number of hydrogen-bond acceptors (Lipinski definition) is 23. The lowest BCUT2D eigenvalue weighted by Crippen LogP contribution is -2.28. The number of aryl methyl sites for hydroxylation is 2. The molecule has 9 rings (SSSR count). The number of aliphatic hydroxyl groups excluding tert-OH is 1. The van der Waals surface area contributed by atoms with Gasteiger partial charge in [0.2, 0.25) is 17.8 Å². The molecule has 0 aromatic carbocycles. The number of aromatic amines is 3. The van der Waals surface area contributed by atoms with Crippen molar-refractivity contribution in [1.29, 1.82) is 0 Å². The van der Waals surface area contributed by atoms with E-state index in [4.69, 9.17) is 70.3 Å². The SMILES string of the molecule is CCN(CC)CCO.CCN(CC)CCOCC(=O)c1c[nH]c(/C=C2\C(=O)N(Cc3ncc(C)c(OC)c3C)c3nc(N)nc(Cl)c32)c1.CCN(CC)CCOCC(=O)c1c[nH]c(C=O)c1.COc1c(C)cnc(CN2C(=O)Cc3c(Cl)nc(N)nc32)c1C.O=Cc1cc(C(=O)CCl)c[nH]1. The Kier molecular flexibility index (Phi) is 33.6. The number of likely N-dealkylation sites (N-methyl/N-ethyl adjacent to an activating group) is 3. The van der Waals surface area contributed by atoms with E-state index in [1.54, 1.807) is 45.0 Å². The average Bonchev–Trinajstić information content (AvgIpc) is 1.61. The Morgan fingerprint density at radius 1 is 0.610 bits per heavy atom. The zero-order valence-corrected chi connectivity index (χ0v) is 61.0. The first-order chi connectivity index (χ1) is 47.9. The van der Waals surface area contributed by atoms with Gasteiger partial charge in [0.25, 0.3) is 5.91 Å². The van der Waals surface area contributed by atoms with Crippen LogP contribution in [0.2, 0.25) is 10.3 Å². The second-order valence-electron chi connectivity index (χ2n) is 22.5. The lowest BCUT2D eigenvalue weighted by molar-refractivity contribution is -0.117. The van der Waals surface area contributed by atoms with Crippen molar-refractivity contribution < 1.29 is 57.6 Å². The molecular weight excluding hydrogens is 1350 g/mol. The fraction of sp³-hybridized carbons (Fsp3) is 0.435. The molecule has 8 N–H and O–H groups in total. The first-order valence-electron chi connectivity index (χ1n) is 32.4. The number of fused-ring (bicyclic) bond motifs is 2. The van der Waals surface area contributed by atoms with Crippen LogP contribution in [0, 0.1) is 27.7 Å². The first-order valence-corrected chi connectivity index (χ1v) is 33.7. The zero-order chi connectivity index (χ0) is 73.8. The molecule has 0 aliphatic carbocycles. The van der Waals surface area contributed by atoms with Crippen LogP contribution in [0.1, 0.15) is 144 Å². The van der Waals surface area contributed by atoms with Gasteiger partial charge in [-0.15, -0.1) is 11.6 Å². The molecule has 7 aromatic rings. The highest BCUT2D eigenvalue weighted by molar-refractivity contribution is 6.41. The molecule has 2 aliphatic rings. The number of alkyl halides is 1. The Morgan fingerprint density at radius 3 is 1.45 bits per heavy atom. The maximum Gasteiger partial charge on any atom is 0.260 e. The quantitative estimate of drug-likeness (QED) is 0.00592. The smallest absolute Gasteiger partial charge is 0.260 e. The summed E-state index contributed by atoms with van der Waals surface area (Å²) < 4.78 is 21.8. The summed E-state index contributed by atoms with van der Waals surface area (Å²) in [6.45, 7) is 30.2. The van der Waals surface area contributed by atoms with Gasteiger partial charge >= 0.3 is 0 Å². The van der Waals surface area contributed by atoms with Gasteiger partial charge < -0.3 is 65.2 Å². The first kappa shape index (κ1) is 81.8. The van der Waals surface area contributed by atoms with E-state index in [1.807, 2.05) is 27.7 Å². The van der Waals surface area contributed by atoms with Crippen LogP contribution < -0.4 is 30.7 Å². The molecular formula is C69H91Cl3N16O12. The lowest BCUT2D eigenvalue weighted by Gasteiger charge is -2.19. The van der Waals surface area contributed by atoms with Gasteiger partial charge in [-0.25, -0.2) is 9.97 Å². The van der Waals surface area contributed by atoms with Crippen molar-refractivity contribution in [3.63, 3.8) is 0 Å². The number of aromatic nitrogens is 9. The van der Waals surface area contributed by atoms with Crippen molar-refractivity contribution in [3.05, 3.63) is 138 Å². The van der Waals surface area contributed by atoms with Crippen molar-refractivity contribution in [2.24, 2.45) is 0 Å². The van der Waals surface area contributed by atoms with Crippen LogP contribution in [-0.4, -0.2) is 218 Å². The van der Waals surface area contributed by atoms with Crippen molar-refractivity contribution in [2.75, 3.05) is 133 Å². The molecule has 0 saturated carbocycles. The fourth-order valence-corrected chi connectivity index (χ4v) is 11.1. The maximum atomic E-state index is 13.7. The van der Waals surface area contributed by atoms with Crippen LogP contribution in [0.4, 0.5) is 23.5 Å². The van der Waals surface area contributed by atoms with Gasteiger partial charge in [0.15, 0.2) is 35.7 Å². The molecule has 0 spiro atoms. The minimum atomic E-state index is -0.347. The summed E-state index contributed by atoms with van der Waals surface area (Å²) in [5, 5.41) is 8.73. The van der Waals surface area contributed by atoms with E-state index in [-0.39, 0.29) is 102 Å². The Hall–Kier alpha value is -8.84. The molecule has 28 nitrogen and oxygen atoms in total. The fourth-order valence-electron chi connectivity index (χ4n) is 10.4. The maximum absolute atomic E-state index is 13.7. The average molecular weight is 1440 g/mol. The molecule has 2 aliphatic heterocycles. The minimum absolute atomic E-state index is 0.0318. The third kappa shape index (κ3) is 22.6. The summed E-state index contributed by atoms with van der Waals surface area (Å²) in [7, 11) is 3.21. The summed E-state index contributed by atoms with van der Waals surface area (Å²) in [6, 6.07) is 4.67. The number of pyridine rings is 2. The highest BCUT2D eigenvalue weighted by Crippen LogP contribution is 2.42. The molecule has 2 amide bonds. The molecule has 7 aromatic heterocycles. The van der Waals surface area contributed by atoms with Gasteiger partial charge in [0.05, 0.1) is 93.3 Å². The number of methoxy groups -OCH3 is 2. The van der Waals surface area contributed by atoms with E-state index < -0.39 is 0 Å². The third-order valence-corrected chi connectivity index (χ3v) is 17.1. The summed E-state index contributed by atoms with van der Waals surface area (Å²) in [5.74, 6) is 1.22. The van der Waals surface area contributed by atoms with Crippen LogP contribution >= 0.6 is 34.8 Å². The van der Waals surface area contributed by atoms with Crippen LogP contribution in [0.15, 0.2) is 49.2 Å². The number of amides is 2. The predicted octanol–water partition coefficient (Wildman–Crippen LogP) is 8.45. The molecule has 540 valence electrons. The van der Waals surface area contributed by atoms with Gasteiger partial charge in [0, 0.05) is 101 Å². The summed E-state index contributed by atoms with van der Waals surface area (Å²) in [5.41, 5.74) is 20.4. The highest BCUT2D eigenvalue weighted by atomic mass is 35.5. The van der Waals surface area contributed by atoms with Gasteiger partial charge in [-0.3, -0.25) is 53.3 Å². The van der Waals surface area contributed by atoms with Crippen LogP contribution in [0.25, 0.3) is 11.6 Å². The van der Waals surface area contributed by atoms with Crippen molar-refractivity contribution in [1.82, 2.24) is 59.6 Å². The summed E-state index contributed by atoms with van der Waals surface area (Å²) in [4.78, 5) is 125. The number of H-pyrrole nitrogens is 3. The number of anilines is 4. The van der Waals surface area contributed by atoms with E-state index >= 15 is 0 Å². The van der Waals surface area contributed by atoms with Gasteiger partial charge in [-0.05, 0) is 91.2 Å². The molecule has 0 fully saturated rings. The normalized spacial score (nSPS) is 12.5. The molecule has 9 heterocycles. The van der Waals surface area contributed by atoms with Gasteiger partial charge in [-0.1, -0.05) is 64.7 Å². The van der Waals surface area contributed by atoms with Crippen LogP contribution in [-0.2, 0) is 38.6 Å².